The molecule has 0 unspecified atom stereocenters. The van der Waals surface area contributed by atoms with Gasteiger partial charge in [0.05, 0.1) is 5.84 Å². The van der Waals surface area contributed by atoms with Crippen LogP contribution < -0.4 is 11.5 Å². The van der Waals surface area contributed by atoms with E-state index in [2.05, 4.69) is 4.99 Å². The number of aliphatic imine (C=N–C) groups is 1. The van der Waals surface area contributed by atoms with Crippen LogP contribution in [0.4, 0.5) is 4.39 Å². The molecule has 1 atom stereocenters. The number of amidine groups is 1. The summed E-state index contributed by atoms with van der Waals surface area (Å²) in [5, 5.41) is 8.62. The second kappa shape index (κ2) is 9.21. The quantitative estimate of drug-likeness (QED) is 0.524. The monoisotopic (exact) mass is 289 g/mol. The fraction of sp³-hybridized carbons (Fsp3) is 0.556. The molecule has 0 aliphatic carbocycles. The predicted molar refractivity (Wildman–Crippen MR) is 70.7 cm³/mol. The molecule has 0 saturated heterocycles. The van der Waals surface area contributed by atoms with Crippen molar-refractivity contribution in [3.8, 4) is 0 Å². The van der Waals surface area contributed by atoms with Gasteiger partial charge in [0.1, 0.15) is 11.4 Å². The molecule has 0 amide bonds. The van der Waals surface area contributed by atoms with Crippen molar-refractivity contribution in [2.45, 2.75) is 25.8 Å². The third kappa shape index (κ3) is 10.0. The van der Waals surface area contributed by atoms with Crippen LogP contribution in [0.3, 0.4) is 0 Å². The fourth-order valence-electron chi connectivity index (χ4n) is 0.798. The SMILES string of the molecule is CC(N)=NCC/C(F)=C\[C@](C)(N)C(=O)O.Cl.Cl. The molecule has 0 bridgehead atoms. The first kappa shape index (κ1) is 21.4. The number of halogens is 3. The van der Waals surface area contributed by atoms with Crippen molar-refractivity contribution in [2.75, 3.05) is 6.54 Å². The largest absolute Gasteiger partial charge is 0.480 e. The second-order valence-electron chi connectivity index (χ2n) is 3.45. The first-order chi connectivity index (χ1) is 6.75. The van der Waals surface area contributed by atoms with Gasteiger partial charge in [-0.2, -0.15) is 0 Å². The van der Waals surface area contributed by atoms with E-state index in [4.69, 9.17) is 16.6 Å². The zero-order valence-corrected chi connectivity index (χ0v) is 11.3. The number of rotatable bonds is 5. The zero-order valence-electron chi connectivity index (χ0n) is 9.64. The Hall–Kier alpha value is -0.850. The van der Waals surface area contributed by atoms with Crippen LogP contribution in [0.1, 0.15) is 20.3 Å². The van der Waals surface area contributed by atoms with Gasteiger partial charge in [0.25, 0.3) is 0 Å². The van der Waals surface area contributed by atoms with Gasteiger partial charge in [-0.05, 0) is 19.9 Å². The van der Waals surface area contributed by atoms with Gasteiger partial charge in [-0.25, -0.2) is 9.18 Å². The standard InChI is InChI=1S/C9H16FN3O2.2ClH/c1-6(11)13-4-3-7(10)5-9(2,12)8(14)15;;/h5H,3-4,12H2,1-2H3,(H2,11,13)(H,14,15);2*1H/b7-5+;;/t9-;;/m0../s1. The number of nitrogens with two attached hydrogens (primary N) is 2. The van der Waals surface area contributed by atoms with Crippen molar-refractivity contribution < 1.29 is 14.3 Å². The van der Waals surface area contributed by atoms with E-state index in [9.17, 15) is 9.18 Å². The number of carboxylic acid groups (broad SMARTS) is 1. The molecule has 0 saturated carbocycles. The van der Waals surface area contributed by atoms with E-state index < -0.39 is 17.3 Å². The van der Waals surface area contributed by atoms with Crippen LogP contribution in [0.2, 0.25) is 0 Å². The van der Waals surface area contributed by atoms with Crippen LogP contribution >= 0.6 is 24.8 Å². The maximum Gasteiger partial charge on any atom is 0.327 e. The topological polar surface area (TPSA) is 102 Å². The van der Waals surface area contributed by atoms with Crippen LogP contribution in [0.25, 0.3) is 0 Å². The fourth-order valence-corrected chi connectivity index (χ4v) is 0.798. The molecule has 0 spiro atoms. The molecule has 5 nitrogen and oxygen atoms in total. The Morgan fingerprint density at radius 3 is 2.35 bits per heavy atom. The lowest BCUT2D eigenvalue weighted by Crippen LogP contribution is -2.42. The maximum absolute atomic E-state index is 13.1. The summed E-state index contributed by atoms with van der Waals surface area (Å²) in [6.45, 7) is 2.98. The Bertz CT molecular complexity index is 303. The van der Waals surface area contributed by atoms with Crippen LogP contribution in [0, 0.1) is 0 Å². The summed E-state index contributed by atoms with van der Waals surface area (Å²) in [6, 6.07) is 0. The number of nitrogens with zero attached hydrogens (tertiary/aromatic N) is 1. The molecule has 17 heavy (non-hydrogen) atoms. The van der Waals surface area contributed by atoms with E-state index in [1.54, 1.807) is 6.92 Å². The van der Waals surface area contributed by atoms with E-state index in [1.807, 2.05) is 0 Å². The smallest absolute Gasteiger partial charge is 0.327 e. The van der Waals surface area contributed by atoms with Gasteiger partial charge < -0.3 is 16.6 Å². The van der Waals surface area contributed by atoms with Crippen molar-refractivity contribution in [2.24, 2.45) is 16.5 Å². The molecular weight excluding hydrogens is 272 g/mol. The van der Waals surface area contributed by atoms with Crippen molar-refractivity contribution in [3.05, 3.63) is 11.9 Å². The van der Waals surface area contributed by atoms with Crippen LogP contribution in [-0.2, 0) is 4.79 Å². The molecule has 102 valence electrons. The van der Waals surface area contributed by atoms with E-state index in [0.29, 0.717) is 5.84 Å². The molecule has 0 aromatic rings. The van der Waals surface area contributed by atoms with Crippen LogP contribution in [0.5, 0.6) is 0 Å². The first-order valence-corrected chi connectivity index (χ1v) is 4.41. The number of hydrogen-bond donors (Lipinski definition) is 3. The number of carbonyl (C=O) groups is 1. The van der Waals surface area contributed by atoms with Crippen molar-refractivity contribution >= 4 is 36.6 Å². The lowest BCUT2D eigenvalue weighted by atomic mass is 10.0. The lowest BCUT2D eigenvalue weighted by molar-refractivity contribution is -0.140. The molecule has 0 radical (unpaired) electrons. The van der Waals surface area contributed by atoms with Gasteiger partial charge in [0, 0.05) is 13.0 Å². The maximum atomic E-state index is 13.1. The molecule has 0 heterocycles. The summed E-state index contributed by atoms with van der Waals surface area (Å²) in [6.07, 6.45) is 0.866. The average molecular weight is 290 g/mol. The van der Waals surface area contributed by atoms with E-state index in [-0.39, 0.29) is 37.8 Å². The molecule has 8 heteroatoms. The summed E-state index contributed by atoms with van der Waals surface area (Å²) in [7, 11) is 0. The van der Waals surface area contributed by atoms with E-state index in [0.717, 1.165) is 6.08 Å². The van der Waals surface area contributed by atoms with E-state index >= 15 is 0 Å². The van der Waals surface area contributed by atoms with Gasteiger partial charge in [-0.3, -0.25) is 4.99 Å². The molecular formula is C9H18Cl2FN3O2. The van der Waals surface area contributed by atoms with Crippen LogP contribution in [-0.4, -0.2) is 29.0 Å². The third-order valence-electron chi connectivity index (χ3n) is 1.63. The molecule has 0 aliphatic rings. The minimum absolute atomic E-state index is 0. The van der Waals surface area contributed by atoms with Crippen molar-refractivity contribution in [1.29, 1.82) is 0 Å². The Kier molecular flexibility index (Phi) is 11.6. The Morgan fingerprint density at radius 1 is 1.53 bits per heavy atom. The van der Waals surface area contributed by atoms with Crippen molar-refractivity contribution in [1.82, 2.24) is 0 Å². The minimum atomic E-state index is -1.69. The Labute approximate surface area is 112 Å². The Balaban J connectivity index is -0.000000980. The zero-order chi connectivity index (χ0) is 12.1. The van der Waals surface area contributed by atoms with Gasteiger partial charge in [0.2, 0.25) is 0 Å². The summed E-state index contributed by atoms with van der Waals surface area (Å²) in [5.74, 6) is -1.53. The average Bonchev–Trinajstić information content (AvgIpc) is 2.01. The molecule has 0 aliphatic heterocycles. The highest BCUT2D eigenvalue weighted by Crippen LogP contribution is 2.10. The lowest BCUT2D eigenvalue weighted by Gasteiger charge is -2.13. The highest BCUT2D eigenvalue weighted by molar-refractivity contribution is 5.85. The van der Waals surface area contributed by atoms with Gasteiger partial charge in [0.15, 0.2) is 0 Å². The van der Waals surface area contributed by atoms with Gasteiger partial charge in [-0.1, -0.05) is 0 Å². The summed E-state index contributed by atoms with van der Waals surface area (Å²) < 4.78 is 13.1. The molecule has 0 rings (SSSR count). The van der Waals surface area contributed by atoms with Crippen molar-refractivity contribution in [3.63, 3.8) is 0 Å². The molecule has 0 aromatic heterocycles. The number of carboxylic acids is 1. The number of aliphatic carboxylic acids is 1. The predicted octanol–water partition coefficient (Wildman–Crippen LogP) is 1.25. The summed E-state index contributed by atoms with van der Waals surface area (Å²) in [5.41, 5.74) is 8.87. The van der Waals surface area contributed by atoms with E-state index in [1.165, 1.54) is 6.92 Å². The summed E-state index contributed by atoms with van der Waals surface area (Å²) in [4.78, 5) is 14.3. The van der Waals surface area contributed by atoms with Crippen LogP contribution in [0.15, 0.2) is 16.9 Å². The third-order valence-corrected chi connectivity index (χ3v) is 1.63. The summed E-state index contributed by atoms with van der Waals surface area (Å²) >= 11 is 0. The first-order valence-electron chi connectivity index (χ1n) is 4.41. The highest BCUT2D eigenvalue weighted by atomic mass is 35.5. The number of hydrogen-bond acceptors (Lipinski definition) is 3. The normalized spacial score (nSPS) is 15.3. The second-order valence-corrected chi connectivity index (χ2v) is 3.45. The molecule has 0 aromatic carbocycles. The molecule has 0 fully saturated rings. The highest BCUT2D eigenvalue weighted by Gasteiger charge is 2.25. The Morgan fingerprint density at radius 2 is 2.00 bits per heavy atom. The minimum Gasteiger partial charge on any atom is -0.480 e. The van der Waals surface area contributed by atoms with Gasteiger partial charge >= 0.3 is 5.97 Å². The van der Waals surface area contributed by atoms with Gasteiger partial charge in [-0.15, -0.1) is 24.8 Å². The molecule has 5 N–H and O–H groups in total.